The Bertz CT molecular complexity index is 1940. The van der Waals surface area contributed by atoms with Crippen molar-refractivity contribution in [1.82, 2.24) is 34.7 Å². The zero-order valence-corrected chi connectivity index (χ0v) is 30.5. The third kappa shape index (κ3) is 8.23. The molecule has 8 aromatic rings. The summed E-state index contributed by atoms with van der Waals surface area (Å²) >= 11 is 0. The van der Waals surface area contributed by atoms with Gasteiger partial charge >= 0.3 is 0 Å². The summed E-state index contributed by atoms with van der Waals surface area (Å²) in [4.78, 5) is 4.02. The Labute approximate surface area is 305 Å². The van der Waals surface area contributed by atoms with Gasteiger partial charge in [0.1, 0.15) is 0 Å². The quantitative estimate of drug-likeness (QED) is 0.161. The van der Waals surface area contributed by atoms with Crippen LogP contribution in [0.25, 0.3) is 34.3 Å². The molecule has 1 radical (unpaired) electrons. The standard InChI is InChI=1S/2C17H15N2.C6H4N5.Ir/c2*1-14-15(2)19(17-11-7-4-8-12-17)13-18(14)16-9-5-3-6-10-16;1-2-4-7-5(3-1)6-8-10-11-9-6;/h2*3-11H,1-2H3;1-4H;/q3*-1;. The average molecular weight is 833 g/mol. The van der Waals surface area contributed by atoms with Crippen molar-refractivity contribution >= 4 is 0 Å². The van der Waals surface area contributed by atoms with Crippen LogP contribution in [0.5, 0.6) is 0 Å². The van der Waals surface area contributed by atoms with E-state index in [1.54, 1.807) is 12.3 Å². The van der Waals surface area contributed by atoms with Crippen LogP contribution in [0.15, 0.2) is 134 Å². The third-order valence-electron chi connectivity index (χ3n) is 7.90. The molecule has 0 saturated heterocycles. The van der Waals surface area contributed by atoms with E-state index in [9.17, 15) is 0 Å². The van der Waals surface area contributed by atoms with Gasteiger partial charge in [-0.15, -0.1) is 0 Å². The average Bonchev–Trinajstić information content (AvgIpc) is 3.90. The minimum atomic E-state index is 0. The Morgan fingerprint density at radius 1 is 0.580 bits per heavy atom. The fourth-order valence-electron chi connectivity index (χ4n) is 5.06. The normalized spacial score (nSPS) is 10.2. The fraction of sp³-hybridized carbons (Fsp3) is 0.100. The number of imidazole rings is 2. The van der Waals surface area contributed by atoms with Crippen molar-refractivity contribution < 1.29 is 29.2 Å². The van der Waals surface area contributed by atoms with Crippen LogP contribution in [-0.4, -0.2) is 29.6 Å². The molecule has 0 aliphatic rings. The van der Waals surface area contributed by atoms with Gasteiger partial charge < -0.3 is 14.2 Å². The summed E-state index contributed by atoms with van der Waals surface area (Å²) in [6, 6.07) is 48.4. The fourth-order valence-corrected chi connectivity index (χ4v) is 5.06. The van der Waals surface area contributed by atoms with Gasteiger partial charge in [-0.05, 0) is 75.5 Å². The maximum Gasteiger partial charge on any atom is 0.267 e. The Balaban J connectivity index is 0.000000150. The number of aromatic nitrogens is 9. The number of nitrogens with zero attached hydrogens (tertiary/aromatic N) is 9. The van der Waals surface area contributed by atoms with Crippen molar-refractivity contribution in [1.29, 1.82) is 0 Å². The van der Waals surface area contributed by atoms with Gasteiger partial charge in [0.25, 0.3) is 12.7 Å². The minimum absolute atomic E-state index is 0. The Morgan fingerprint density at radius 3 is 1.46 bits per heavy atom. The maximum absolute atomic E-state index is 4.02. The summed E-state index contributed by atoms with van der Waals surface area (Å²) in [5, 5.41) is 14.0. The van der Waals surface area contributed by atoms with E-state index in [2.05, 4.69) is 111 Å². The molecule has 0 fully saturated rings. The van der Waals surface area contributed by atoms with E-state index < -0.39 is 0 Å². The first-order chi connectivity index (χ1) is 24.0. The van der Waals surface area contributed by atoms with Crippen LogP contribution >= 0.6 is 0 Å². The van der Waals surface area contributed by atoms with Crippen molar-refractivity contribution in [2.24, 2.45) is 0 Å². The second kappa shape index (κ2) is 17.0. The van der Waals surface area contributed by atoms with E-state index >= 15 is 0 Å². The van der Waals surface area contributed by atoms with Gasteiger partial charge in [0.05, 0.1) is 34.3 Å². The van der Waals surface area contributed by atoms with Crippen LogP contribution in [0.2, 0.25) is 0 Å². The molecule has 0 atom stereocenters. The molecule has 251 valence electrons. The topological polar surface area (TPSA) is 83.3 Å². The molecule has 0 amide bonds. The molecule has 10 heteroatoms. The van der Waals surface area contributed by atoms with Crippen molar-refractivity contribution in [2.75, 3.05) is 0 Å². The number of pyridine rings is 1. The molecule has 0 aliphatic carbocycles. The first kappa shape index (κ1) is 35.5. The molecule has 4 aromatic heterocycles. The SMILES string of the molecule is Cc1c(C)[n+](-c2ccccc2)[c-]n1-c1[c-]cccc1.Cc1c(C)[n+](-c2ccccc2)[c-]n1-c1[c-]cccc1.[Ir].c1ccc(-c2nnn[n-]2)nc1. The van der Waals surface area contributed by atoms with E-state index in [0.717, 1.165) is 22.7 Å². The van der Waals surface area contributed by atoms with E-state index in [-0.39, 0.29) is 20.1 Å². The molecule has 9 nitrogen and oxygen atoms in total. The molecule has 0 spiro atoms. The summed E-state index contributed by atoms with van der Waals surface area (Å²) in [5.74, 6) is 0.464. The first-order valence-electron chi connectivity index (χ1n) is 15.7. The molecule has 4 heterocycles. The maximum atomic E-state index is 4.02. The van der Waals surface area contributed by atoms with Gasteiger partial charge in [-0.1, -0.05) is 42.5 Å². The third-order valence-corrected chi connectivity index (χ3v) is 7.90. The molecule has 0 unspecified atom stereocenters. The Kier molecular flexibility index (Phi) is 12.1. The zero-order valence-electron chi connectivity index (χ0n) is 28.1. The molecule has 0 saturated carbocycles. The van der Waals surface area contributed by atoms with Gasteiger partial charge in [0.15, 0.2) is 0 Å². The summed E-state index contributed by atoms with van der Waals surface area (Å²) in [6.45, 7) is 8.43. The number of rotatable bonds is 5. The summed E-state index contributed by atoms with van der Waals surface area (Å²) in [5.41, 5.74) is 9.67. The molecule has 0 N–H and O–H groups in total. The first-order valence-corrected chi connectivity index (χ1v) is 15.7. The molecule has 4 aromatic carbocycles. The predicted molar refractivity (Wildman–Crippen MR) is 185 cm³/mol. The van der Waals surface area contributed by atoms with Gasteiger partial charge in [-0.3, -0.25) is 24.4 Å². The van der Waals surface area contributed by atoms with E-state index in [4.69, 9.17) is 0 Å². The van der Waals surface area contributed by atoms with Crippen molar-refractivity contribution in [3.63, 3.8) is 0 Å². The van der Waals surface area contributed by atoms with Crippen LogP contribution in [0.1, 0.15) is 22.8 Å². The van der Waals surface area contributed by atoms with Gasteiger partial charge in [-0.25, -0.2) is 0 Å². The predicted octanol–water partition coefficient (Wildman–Crippen LogP) is 5.83. The Hall–Kier alpha value is -5.83. The largest absolute Gasteiger partial charge is 0.329 e. The molecular formula is C40H34IrN9-3. The summed E-state index contributed by atoms with van der Waals surface area (Å²) in [6.07, 6.45) is 8.44. The number of para-hydroxylation sites is 4. The van der Waals surface area contributed by atoms with Crippen molar-refractivity contribution in [3.05, 3.63) is 181 Å². The zero-order chi connectivity index (χ0) is 34.0. The van der Waals surface area contributed by atoms with Crippen LogP contribution < -0.4 is 14.2 Å². The number of hydrogen-bond donors (Lipinski definition) is 0. The van der Waals surface area contributed by atoms with E-state index in [1.807, 2.05) is 106 Å². The van der Waals surface area contributed by atoms with E-state index in [1.165, 1.54) is 22.8 Å². The smallest absolute Gasteiger partial charge is 0.267 e. The van der Waals surface area contributed by atoms with Crippen molar-refractivity contribution in [2.45, 2.75) is 27.7 Å². The van der Waals surface area contributed by atoms with Gasteiger partial charge in [0, 0.05) is 37.7 Å². The number of benzene rings is 4. The van der Waals surface area contributed by atoms with Crippen molar-refractivity contribution in [3.8, 4) is 34.3 Å². The molecule has 0 bridgehead atoms. The molecule has 0 aliphatic heterocycles. The molecule has 50 heavy (non-hydrogen) atoms. The molecular weight excluding hydrogens is 799 g/mol. The Morgan fingerprint density at radius 2 is 1.06 bits per heavy atom. The van der Waals surface area contributed by atoms with Gasteiger partial charge in [0.2, 0.25) is 0 Å². The number of hydrogen-bond acceptors (Lipinski definition) is 4. The summed E-state index contributed by atoms with van der Waals surface area (Å²) in [7, 11) is 0. The van der Waals surface area contributed by atoms with E-state index in [0.29, 0.717) is 11.5 Å². The van der Waals surface area contributed by atoms with Crippen LogP contribution in [-0.2, 0) is 20.1 Å². The number of tetrazole rings is 1. The summed E-state index contributed by atoms with van der Waals surface area (Å²) < 4.78 is 8.25. The van der Waals surface area contributed by atoms with Crippen LogP contribution in [0.3, 0.4) is 0 Å². The second-order valence-corrected chi connectivity index (χ2v) is 11.0. The monoisotopic (exact) mass is 833 g/mol. The van der Waals surface area contributed by atoms with Crippen LogP contribution in [0.4, 0.5) is 0 Å². The van der Waals surface area contributed by atoms with Gasteiger partial charge in [-0.2, -0.15) is 65.9 Å². The van der Waals surface area contributed by atoms with Crippen LogP contribution in [0, 0.1) is 52.5 Å². The molecule has 8 rings (SSSR count). The second-order valence-electron chi connectivity index (χ2n) is 11.0. The minimum Gasteiger partial charge on any atom is -0.329 e.